The van der Waals surface area contributed by atoms with E-state index in [0.29, 0.717) is 0 Å². The molecule has 268 valence electrons. The zero-order chi connectivity index (χ0) is 37.7. The molecule has 0 bridgehead atoms. The molecule has 0 saturated heterocycles. The van der Waals surface area contributed by atoms with Gasteiger partial charge >= 0.3 is 0 Å². The third kappa shape index (κ3) is 5.58. The maximum Gasteiger partial charge on any atom is 0.143 e. The molecule has 11 rings (SSSR count). The van der Waals surface area contributed by atoms with Crippen LogP contribution in [0.5, 0.6) is 0 Å². The van der Waals surface area contributed by atoms with Crippen LogP contribution in [0, 0.1) is 0 Å². The average Bonchev–Trinajstić information content (AvgIpc) is 3.84. The molecule has 11 aromatic rings. The number of hydrogen-bond donors (Lipinski definition) is 0. The van der Waals surface area contributed by atoms with Crippen molar-refractivity contribution in [2.45, 2.75) is 0 Å². The first-order chi connectivity index (χ1) is 28.3. The van der Waals surface area contributed by atoms with Crippen molar-refractivity contribution in [1.82, 2.24) is 9.55 Å². The summed E-state index contributed by atoms with van der Waals surface area (Å²) in [4.78, 5) is 6.86. The molecule has 0 saturated carbocycles. The average molecular weight is 730 g/mol. The summed E-state index contributed by atoms with van der Waals surface area (Å²) >= 11 is 0. The van der Waals surface area contributed by atoms with Crippen LogP contribution < -0.4 is 4.90 Å². The lowest BCUT2D eigenvalue weighted by molar-refractivity contribution is 0.670. The minimum Gasteiger partial charge on any atom is -0.455 e. The van der Waals surface area contributed by atoms with E-state index in [1.165, 1.54) is 16.5 Å². The number of pyridine rings is 1. The topological polar surface area (TPSA) is 34.2 Å². The van der Waals surface area contributed by atoms with Gasteiger partial charge in [0.1, 0.15) is 11.2 Å². The highest BCUT2D eigenvalue weighted by molar-refractivity contribution is 6.10. The molecule has 0 spiro atoms. The number of para-hydroxylation sites is 3. The summed E-state index contributed by atoms with van der Waals surface area (Å²) in [6.45, 7) is 0. The first-order valence-electron chi connectivity index (χ1n) is 19.3. The van der Waals surface area contributed by atoms with Gasteiger partial charge in [0.25, 0.3) is 0 Å². The van der Waals surface area contributed by atoms with Crippen LogP contribution in [-0.4, -0.2) is 9.55 Å². The number of rotatable bonds is 7. The summed E-state index contributed by atoms with van der Waals surface area (Å²) in [5.74, 6) is 0. The summed E-state index contributed by atoms with van der Waals surface area (Å²) in [5, 5.41) is 4.57. The molecule has 8 aromatic carbocycles. The Balaban J connectivity index is 1.09. The van der Waals surface area contributed by atoms with Crippen LogP contribution in [0.25, 0.3) is 82.8 Å². The fourth-order valence-corrected chi connectivity index (χ4v) is 8.43. The van der Waals surface area contributed by atoms with Crippen LogP contribution in [-0.2, 0) is 0 Å². The number of anilines is 3. The molecule has 57 heavy (non-hydrogen) atoms. The lowest BCUT2D eigenvalue weighted by Crippen LogP contribution is -2.11. The van der Waals surface area contributed by atoms with Gasteiger partial charge in [-0.1, -0.05) is 140 Å². The van der Waals surface area contributed by atoms with Crippen molar-refractivity contribution in [2.24, 2.45) is 0 Å². The Kier molecular flexibility index (Phi) is 7.78. The zero-order valence-corrected chi connectivity index (χ0v) is 31.0. The lowest BCUT2D eigenvalue weighted by atomic mass is 10.00. The molecule has 3 heterocycles. The molecule has 0 aliphatic carbocycles. The SMILES string of the molecule is c1ccc(-c2ccc(N(c3ccc(-c4cccc5c4oc4ccccc45)cc3)c3ccc(-n4c5ccccc5c5cnccc54)c(-c4ccccc4)c3)cc2)cc1. The van der Waals surface area contributed by atoms with Crippen LogP contribution in [0.1, 0.15) is 0 Å². The molecule has 0 aliphatic rings. The summed E-state index contributed by atoms with van der Waals surface area (Å²) < 4.78 is 8.82. The predicted molar refractivity (Wildman–Crippen MR) is 237 cm³/mol. The Morgan fingerprint density at radius 2 is 0.982 bits per heavy atom. The Hall–Kier alpha value is -7.69. The quantitative estimate of drug-likeness (QED) is 0.164. The molecular formula is C53H35N3O. The maximum absolute atomic E-state index is 6.44. The van der Waals surface area contributed by atoms with Gasteiger partial charge in [-0.15, -0.1) is 0 Å². The second kappa shape index (κ2) is 13.6. The second-order valence-corrected chi connectivity index (χ2v) is 14.4. The fraction of sp³-hybridized carbons (Fsp3) is 0. The Bertz CT molecular complexity index is 3160. The minimum absolute atomic E-state index is 0.900. The van der Waals surface area contributed by atoms with E-state index in [1.807, 2.05) is 24.5 Å². The standard InChI is InChI=1S/C53H35N3O/c1-3-12-36(13-4-1)37-22-26-40(27-23-37)55(41-28-24-39(25-29-41)43-18-11-19-46-45-17-8-10-21-52(45)57-53(43)46)42-30-31-50(47(34-42)38-14-5-2-6-15-38)56-49-20-9-7-16-44(49)48-35-54-33-32-51(48)56/h1-35H. The van der Waals surface area contributed by atoms with Crippen LogP contribution in [0.2, 0.25) is 0 Å². The number of furan rings is 1. The van der Waals surface area contributed by atoms with Crippen molar-refractivity contribution >= 4 is 60.8 Å². The van der Waals surface area contributed by atoms with E-state index in [1.54, 1.807) is 0 Å². The summed E-state index contributed by atoms with van der Waals surface area (Å²) in [7, 11) is 0. The van der Waals surface area contributed by atoms with Gasteiger partial charge in [-0.3, -0.25) is 4.98 Å². The molecule has 0 atom stereocenters. The molecule has 0 radical (unpaired) electrons. The number of benzene rings is 8. The van der Waals surface area contributed by atoms with Crippen LogP contribution in [0.15, 0.2) is 217 Å². The van der Waals surface area contributed by atoms with Gasteiger partial charge in [-0.05, 0) is 82.9 Å². The first-order valence-corrected chi connectivity index (χ1v) is 19.3. The van der Waals surface area contributed by atoms with Gasteiger partial charge < -0.3 is 13.9 Å². The van der Waals surface area contributed by atoms with Gasteiger partial charge in [0.15, 0.2) is 0 Å². The zero-order valence-electron chi connectivity index (χ0n) is 31.0. The molecular weight excluding hydrogens is 695 g/mol. The van der Waals surface area contributed by atoms with Crippen molar-refractivity contribution in [2.75, 3.05) is 4.90 Å². The smallest absolute Gasteiger partial charge is 0.143 e. The Labute approximate surface area is 330 Å². The van der Waals surface area contributed by atoms with E-state index in [2.05, 4.69) is 203 Å². The summed E-state index contributed by atoms with van der Waals surface area (Å²) in [5.41, 5.74) is 15.2. The second-order valence-electron chi connectivity index (χ2n) is 14.4. The van der Waals surface area contributed by atoms with Gasteiger partial charge in [0.05, 0.1) is 16.7 Å². The van der Waals surface area contributed by atoms with E-state index < -0.39 is 0 Å². The normalized spacial score (nSPS) is 11.5. The van der Waals surface area contributed by atoms with Crippen LogP contribution >= 0.6 is 0 Å². The molecule has 0 N–H and O–H groups in total. The molecule has 4 nitrogen and oxygen atoms in total. The highest BCUT2D eigenvalue weighted by atomic mass is 16.3. The van der Waals surface area contributed by atoms with E-state index in [4.69, 9.17) is 4.42 Å². The maximum atomic E-state index is 6.44. The van der Waals surface area contributed by atoms with Crippen molar-refractivity contribution in [3.8, 4) is 39.1 Å². The van der Waals surface area contributed by atoms with E-state index in [0.717, 1.165) is 83.4 Å². The number of nitrogens with zero attached hydrogens (tertiary/aromatic N) is 3. The monoisotopic (exact) mass is 729 g/mol. The van der Waals surface area contributed by atoms with Crippen molar-refractivity contribution < 1.29 is 4.42 Å². The van der Waals surface area contributed by atoms with Gasteiger partial charge in [0.2, 0.25) is 0 Å². The van der Waals surface area contributed by atoms with Gasteiger partial charge in [0, 0.05) is 62.1 Å². The third-order valence-corrected chi connectivity index (χ3v) is 11.1. The number of fused-ring (bicyclic) bond motifs is 6. The van der Waals surface area contributed by atoms with Gasteiger partial charge in [-0.25, -0.2) is 0 Å². The summed E-state index contributed by atoms with van der Waals surface area (Å²) in [6.07, 6.45) is 3.86. The third-order valence-electron chi connectivity index (χ3n) is 11.1. The van der Waals surface area contributed by atoms with Crippen LogP contribution in [0.3, 0.4) is 0 Å². The fourth-order valence-electron chi connectivity index (χ4n) is 8.43. The molecule has 0 amide bonds. The predicted octanol–water partition coefficient (Wildman–Crippen LogP) is 14.5. The molecule has 3 aromatic heterocycles. The first kappa shape index (κ1) is 32.7. The Morgan fingerprint density at radius 3 is 1.75 bits per heavy atom. The highest BCUT2D eigenvalue weighted by Gasteiger charge is 2.20. The summed E-state index contributed by atoms with van der Waals surface area (Å²) in [6, 6.07) is 71.2. The molecule has 0 aliphatic heterocycles. The van der Waals surface area contributed by atoms with E-state index >= 15 is 0 Å². The van der Waals surface area contributed by atoms with Crippen molar-refractivity contribution in [1.29, 1.82) is 0 Å². The van der Waals surface area contributed by atoms with Crippen molar-refractivity contribution in [3.63, 3.8) is 0 Å². The lowest BCUT2D eigenvalue weighted by Gasteiger charge is -2.27. The molecule has 0 fully saturated rings. The molecule has 0 unspecified atom stereocenters. The largest absolute Gasteiger partial charge is 0.455 e. The van der Waals surface area contributed by atoms with Gasteiger partial charge in [-0.2, -0.15) is 0 Å². The van der Waals surface area contributed by atoms with Crippen molar-refractivity contribution in [3.05, 3.63) is 213 Å². The molecule has 4 heteroatoms. The van der Waals surface area contributed by atoms with Crippen LogP contribution in [0.4, 0.5) is 17.1 Å². The minimum atomic E-state index is 0.900. The Morgan fingerprint density at radius 1 is 0.404 bits per heavy atom. The highest BCUT2D eigenvalue weighted by Crippen LogP contribution is 2.43. The van der Waals surface area contributed by atoms with E-state index in [9.17, 15) is 0 Å². The number of hydrogen-bond acceptors (Lipinski definition) is 3. The van der Waals surface area contributed by atoms with E-state index in [-0.39, 0.29) is 0 Å². The number of aromatic nitrogens is 2.